The third kappa shape index (κ3) is 27.2. The summed E-state index contributed by atoms with van der Waals surface area (Å²) in [5, 5.41) is 53.2. The third-order valence-corrected chi connectivity index (χ3v) is 8.38. The lowest BCUT2D eigenvalue weighted by Gasteiger charge is -2.20. The number of methoxy groups -OCH3 is 1. The molecule has 3 aromatic carbocycles. The fourth-order valence-corrected chi connectivity index (χ4v) is 5.22. The second-order valence-corrected chi connectivity index (χ2v) is 15.3. The van der Waals surface area contributed by atoms with Crippen LogP contribution in [0.5, 0.6) is 17.2 Å². The predicted molar refractivity (Wildman–Crippen MR) is 269 cm³/mol. The number of carboxylic acid groups (broad SMARTS) is 2. The topological polar surface area (TPSA) is 318 Å². The molecule has 3 rings (SSSR count). The standard InChI is InChI=1S/C19H26N2O5.C14H20N2O4.C7H7NO3.C6H9ClO.2CH4.3H2/c1-4-5-6-7-17(23)21-15(10-12(2)3)18(24)20-13-8-9-16(22)14(11-13)19(25)26;1-8(2)6-11(15)13(18)16-9-4-5-12(17)10(7-9)14(19)20-3;8-4-1-2-6(9)5(3-4)7(10)11;1-2-3-4-5-6(7)8;;;;;/h5-6,8-9,11-12,15,22H,4,7,10H2,1-3H3,(H,20,24)(H,21,23)(H,25,26);4-5,7-8,11,17H,6,15H2,1-3H3,(H,16,18);1-3,9H,8H2,(H,10,11);3-4H,2,5H2,1H3;2*1H4;3*1H/b6-5-;;;4-3-;;;;;/i;;;;;;1+2T;1+1D;1+1. The molecule has 0 bridgehead atoms. The van der Waals surface area contributed by atoms with Crippen LogP contribution in [-0.4, -0.2) is 85.6 Å². The Bertz CT molecular complexity index is 2150. The van der Waals surface area contributed by atoms with Crippen LogP contribution >= 0.6 is 11.6 Å². The number of aromatic hydroxyl groups is 3. The van der Waals surface area contributed by atoms with Crippen molar-refractivity contribution in [2.45, 2.75) is 107 Å². The zero-order chi connectivity index (χ0) is 53.8. The van der Waals surface area contributed by atoms with Gasteiger partial charge in [-0.3, -0.25) is 19.2 Å². The van der Waals surface area contributed by atoms with Crippen LogP contribution in [0.4, 0.5) is 17.1 Å². The lowest BCUT2D eigenvalue weighted by molar-refractivity contribution is -0.126. The van der Waals surface area contributed by atoms with Crippen molar-refractivity contribution >= 4 is 69.5 Å². The van der Waals surface area contributed by atoms with Crippen LogP contribution in [0, 0.1) is 11.8 Å². The van der Waals surface area contributed by atoms with E-state index in [1.165, 1.54) is 61.7 Å². The number of halogens is 1. The number of aromatic carboxylic acids is 2. The van der Waals surface area contributed by atoms with E-state index < -0.39 is 35.9 Å². The summed E-state index contributed by atoms with van der Waals surface area (Å²) in [4.78, 5) is 79.3. The largest absolute Gasteiger partial charge is 0.507 e. The lowest BCUT2D eigenvalue weighted by Crippen LogP contribution is -2.44. The monoisotopic (exact) mass is 973 g/mol. The zero-order valence-electron chi connectivity index (χ0n) is 41.6. The average molecular weight is 974 g/mol. The summed E-state index contributed by atoms with van der Waals surface area (Å²) >= 11 is 5.02. The van der Waals surface area contributed by atoms with Crippen molar-refractivity contribution in [1.82, 2.24) is 5.32 Å². The number of nitrogens with two attached hydrogens (primary N) is 2. The fraction of sp³-hybridized carbons (Fsp3) is 0.396. The highest BCUT2D eigenvalue weighted by atomic mass is 35.5. The van der Waals surface area contributed by atoms with Gasteiger partial charge in [-0.05, 0) is 104 Å². The minimum Gasteiger partial charge on any atom is -0.507 e. The van der Waals surface area contributed by atoms with E-state index in [0.717, 1.165) is 12.8 Å². The molecule has 0 saturated heterocycles. The number of hydrogen-bond acceptors (Lipinski definition) is 13. The van der Waals surface area contributed by atoms with Gasteiger partial charge in [0.15, 0.2) is 0 Å². The van der Waals surface area contributed by atoms with Crippen molar-refractivity contribution in [2.24, 2.45) is 17.6 Å². The Morgan fingerprint density at radius 3 is 1.58 bits per heavy atom. The number of amides is 3. The molecule has 0 fully saturated rings. The van der Waals surface area contributed by atoms with Gasteiger partial charge in [0.25, 0.3) is 0 Å². The number of carboxylic acids is 2. The number of phenolic OH excluding ortho intramolecular Hbond substituents is 1. The SMILES string of the molecule is C.C.CC/C=C\CC(=O)Cl.CC/C=C\CC(=O)NC(CC(C)C)C(=O)Nc1ccc(O)c(C(=O)O)c1.COC(=O)c1cc(NC(=O)C(N)CC(C)C)ccc1O.Nc1ccc(O)c(C(=O)O)c1.[2HH].[2H][2H].[3H][3H]. The number of phenols is 3. The molecule has 0 saturated carbocycles. The minimum absolute atomic E-state index is 0. The number of nitrogen functional groups attached to an aromatic ring is 1. The Hall–Kier alpha value is -6.92. The number of ether oxygens (including phenoxy) is 1. The first-order valence-electron chi connectivity index (χ1n) is 22.4. The summed E-state index contributed by atoms with van der Waals surface area (Å²) in [6, 6.07) is 10.5. The Morgan fingerprint density at radius 2 is 1.15 bits per heavy atom. The van der Waals surface area contributed by atoms with Gasteiger partial charge in [0, 0.05) is 37.3 Å². The number of esters is 1. The maximum absolute atomic E-state index is 12.5. The number of carbonyl (C=O) groups excluding carboxylic acids is 5. The van der Waals surface area contributed by atoms with Crippen molar-refractivity contribution in [1.29, 1.82) is 0 Å². The smallest absolute Gasteiger partial charge is 0.341 e. The van der Waals surface area contributed by atoms with Crippen molar-refractivity contribution < 1.29 is 71.2 Å². The van der Waals surface area contributed by atoms with Crippen LogP contribution in [-0.2, 0) is 23.9 Å². The van der Waals surface area contributed by atoms with Crippen molar-refractivity contribution in [2.75, 3.05) is 23.5 Å². The molecule has 3 aromatic rings. The summed E-state index contributed by atoms with van der Waals surface area (Å²) < 4.78 is 24.5. The first-order valence-corrected chi connectivity index (χ1v) is 20.8. The fourth-order valence-electron chi connectivity index (χ4n) is 5.13. The molecule has 2 atom stereocenters. The molecule has 378 valence electrons. The molecule has 12 N–H and O–H groups in total. The minimum atomic E-state index is -1.30. The molecule has 0 spiro atoms. The Labute approximate surface area is 406 Å². The summed E-state index contributed by atoms with van der Waals surface area (Å²) in [7, 11) is 1.21. The highest BCUT2D eigenvalue weighted by Gasteiger charge is 2.23. The summed E-state index contributed by atoms with van der Waals surface area (Å²) in [5.41, 5.74) is 11.5. The molecule has 0 aliphatic rings. The highest BCUT2D eigenvalue weighted by molar-refractivity contribution is 6.63. The van der Waals surface area contributed by atoms with Gasteiger partial charge in [0.1, 0.15) is 40.0 Å². The predicted octanol–water partition coefficient (Wildman–Crippen LogP) is 9.20. The van der Waals surface area contributed by atoms with Crippen molar-refractivity contribution in [3.05, 3.63) is 95.6 Å². The molecular formula is C48H76ClN5O13. The van der Waals surface area contributed by atoms with E-state index in [0.29, 0.717) is 36.6 Å². The average Bonchev–Trinajstić information content (AvgIpc) is 3.29. The number of anilines is 3. The number of carbonyl (C=O) groups is 7. The Kier molecular flexibility index (Phi) is 30.9. The quantitative estimate of drug-likeness (QED) is 0.0187. The number of nitrogens with one attached hydrogen (secondary N) is 3. The van der Waals surface area contributed by atoms with Gasteiger partial charge in [-0.2, -0.15) is 0 Å². The molecule has 3 amide bonds. The van der Waals surface area contributed by atoms with E-state index in [9.17, 15) is 43.8 Å². The second kappa shape index (κ2) is 34.4. The van der Waals surface area contributed by atoms with E-state index in [2.05, 4.69) is 20.7 Å². The van der Waals surface area contributed by atoms with Crippen LogP contribution in [0.2, 0.25) is 0 Å². The molecule has 0 aliphatic carbocycles. The molecule has 0 aromatic heterocycles. The summed E-state index contributed by atoms with van der Waals surface area (Å²) in [6.07, 6.45) is 10.7. The van der Waals surface area contributed by atoms with Gasteiger partial charge >= 0.3 is 17.9 Å². The molecule has 67 heavy (non-hydrogen) atoms. The molecule has 0 heterocycles. The zero-order valence-corrected chi connectivity index (χ0v) is 38.3. The number of allylic oxidation sites excluding steroid dienone is 3. The summed E-state index contributed by atoms with van der Waals surface area (Å²) in [6.45, 7) is 11.8. The van der Waals surface area contributed by atoms with Gasteiger partial charge in [0.2, 0.25) is 23.0 Å². The van der Waals surface area contributed by atoms with Gasteiger partial charge < -0.3 is 57.7 Å². The van der Waals surface area contributed by atoms with E-state index in [-0.39, 0.29) is 85.3 Å². The Balaban J connectivity index is -0.000000209. The number of benzene rings is 3. The first kappa shape index (κ1) is 60.1. The van der Waals surface area contributed by atoms with E-state index in [4.69, 9.17) is 44.3 Å². The highest BCUT2D eigenvalue weighted by Crippen LogP contribution is 2.24. The van der Waals surface area contributed by atoms with Gasteiger partial charge in [-0.15, -0.1) is 0 Å². The van der Waals surface area contributed by atoms with E-state index in [1.54, 1.807) is 12.2 Å². The number of hydrogen-bond donors (Lipinski definition) is 10. The maximum atomic E-state index is 12.5. The van der Waals surface area contributed by atoms with Crippen LogP contribution in [0.3, 0.4) is 0 Å². The van der Waals surface area contributed by atoms with E-state index >= 15 is 0 Å². The van der Waals surface area contributed by atoms with Crippen molar-refractivity contribution in [3.63, 3.8) is 0 Å². The third-order valence-electron chi connectivity index (χ3n) is 8.22. The number of rotatable bonds is 18. The molecule has 19 heteroatoms. The van der Waals surface area contributed by atoms with Gasteiger partial charge in [-0.1, -0.05) is 80.7 Å². The Morgan fingerprint density at radius 1 is 0.716 bits per heavy atom. The molecule has 0 radical (unpaired) electrons. The molecule has 18 nitrogen and oxygen atoms in total. The molecule has 0 aliphatic heterocycles. The van der Waals surface area contributed by atoms with Crippen LogP contribution in [0.25, 0.3) is 0 Å². The van der Waals surface area contributed by atoms with Gasteiger partial charge in [-0.25, -0.2) is 14.4 Å². The maximum Gasteiger partial charge on any atom is 0.341 e. The van der Waals surface area contributed by atoms with Gasteiger partial charge in [0.05, 0.1) is 13.2 Å². The summed E-state index contributed by atoms with van der Waals surface area (Å²) in [5.74, 6) is -4.57. The van der Waals surface area contributed by atoms with E-state index in [1.807, 2.05) is 53.7 Å². The second-order valence-electron chi connectivity index (χ2n) is 14.8. The molecular weight excluding hydrogens is 890 g/mol. The normalized spacial score (nSPS) is 11.3. The first-order chi connectivity index (χ1) is 32.5. The van der Waals surface area contributed by atoms with Crippen LogP contribution < -0.4 is 27.4 Å². The van der Waals surface area contributed by atoms with Crippen LogP contribution in [0.1, 0.15) is 133 Å². The van der Waals surface area contributed by atoms with Crippen LogP contribution in [0.15, 0.2) is 78.9 Å². The lowest BCUT2D eigenvalue weighted by atomic mass is 10.0. The molecule has 2 unspecified atom stereocenters. The van der Waals surface area contributed by atoms with Crippen molar-refractivity contribution in [3.8, 4) is 17.2 Å².